The fourth-order valence-corrected chi connectivity index (χ4v) is 3.93. The topological polar surface area (TPSA) is 154 Å². The number of hydrogen-bond donors (Lipinski definition) is 3. The van der Waals surface area contributed by atoms with Gasteiger partial charge in [-0.2, -0.15) is 0 Å². The van der Waals surface area contributed by atoms with Crippen LogP contribution in [0.1, 0.15) is 56.6 Å². The number of H-pyrrole nitrogens is 1. The van der Waals surface area contributed by atoms with Crippen molar-refractivity contribution in [1.82, 2.24) is 24.8 Å². The molecule has 0 unspecified atom stereocenters. The van der Waals surface area contributed by atoms with Crippen LogP contribution in [-0.2, 0) is 16.1 Å². The van der Waals surface area contributed by atoms with Gasteiger partial charge in [-0.3, -0.25) is 39.1 Å². The number of aromatic hydroxyl groups is 1. The maximum Gasteiger partial charge on any atom is 0.331 e. The van der Waals surface area contributed by atoms with Gasteiger partial charge in [0.15, 0.2) is 0 Å². The van der Waals surface area contributed by atoms with E-state index in [9.17, 15) is 29.1 Å². The number of barbiturate groups is 1. The van der Waals surface area contributed by atoms with Crippen molar-refractivity contribution in [3.8, 4) is 5.88 Å². The van der Waals surface area contributed by atoms with Crippen LogP contribution in [0, 0.1) is 5.92 Å². The van der Waals surface area contributed by atoms with Gasteiger partial charge in [0.2, 0.25) is 17.7 Å². The van der Waals surface area contributed by atoms with Gasteiger partial charge in [-0.05, 0) is 30.5 Å². The van der Waals surface area contributed by atoms with Gasteiger partial charge in [0.05, 0.1) is 5.56 Å². The number of amides is 4. The molecule has 3 N–H and O–H groups in total. The van der Waals surface area contributed by atoms with Crippen LogP contribution < -0.4 is 16.6 Å². The highest BCUT2D eigenvalue weighted by Crippen LogP contribution is 2.36. The maximum absolute atomic E-state index is 13.4. The predicted octanol–water partition coefficient (Wildman–Crippen LogP) is 1.06. The second-order valence-electron chi connectivity index (χ2n) is 7.88. The van der Waals surface area contributed by atoms with Gasteiger partial charge < -0.3 is 5.11 Å². The summed E-state index contributed by atoms with van der Waals surface area (Å²) in [4.78, 5) is 70.9. The number of rotatable bonds is 9. The van der Waals surface area contributed by atoms with Crippen LogP contribution in [0.25, 0.3) is 0 Å². The number of nitrogens with zero attached hydrogens (tertiary/aromatic N) is 3. The summed E-state index contributed by atoms with van der Waals surface area (Å²) >= 11 is 0. The molecule has 3 rings (SSSR count). The third-order valence-electron chi connectivity index (χ3n) is 5.68. The minimum Gasteiger partial charge on any atom is -0.494 e. The average molecular weight is 457 g/mol. The van der Waals surface area contributed by atoms with E-state index >= 15 is 0 Å². The molecule has 0 spiro atoms. The summed E-state index contributed by atoms with van der Waals surface area (Å²) in [5.41, 5.74) is -1.65. The number of aromatic amines is 1. The molecule has 33 heavy (non-hydrogen) atoms. The van der Waals surface area contributed by atoms with E-state index in [0.717, 1.165) is 15.9 Å². The van der Waals surface area contributed by atoms with Gasteiger partial charge in [0.1, 0.15) is 5.92 Å². The average Bonchev–Trinajstić information content (AvgIpc) is 2.78. The van der Waals surface area contributed by atoms with Gasteiger partial charge in [-0.15, -0.1) is 0 Å². The Kier molecular flexibility index (Phi) is 7.41. The van der Waals surface area contributed by atoms with Crippen molar-refractivity contribution in [2.45, 2.75) is 52.0 Å². The van der Waals surface area contributed by atoms with Crippen LogP contribution in [-0.4, -0.2) is 48.9 Å². The normalized spacial score (nSPS) is 17.2. The molecule has 176 valence electrons. The predicted molar refractivity (Wildman–Crippen MR) is 118 cm³/mol. The van der Waals surface area contributed by atoms with Crippen LogP contribution in [0.15, 0.2) is 34.1 Å². The lowest BCUT2D eigenvalue weighted by atomic mass is 9.79. The number of nitrogens with one attached hydrogen (secondary N) is 2. The van der Waals surface area contributed by atoms with E-state index in [1.807, 2.05) is 13.8 Å². The molecule has 3 heterocycles. The summed E-state index contributed by atoms with van der Waals surface area (Å²) in [5, 5.41) is 13.2. The Labute approximate surface area is 189 Å². The standard InChI is InChI=1S/C22H27N5O6/c1-3-5-11-26-19(30)15(17(28)24-21(26)32)14(13-7-9-23-10-8-13)16-18(29)25-22(33)27(20(16)31)12-6-4-2/h7-10,14-15,31H,3-6,11-12H2,1-2H3,(H,24,28,32)(H,25,29,33)/t14-,15-/m0/s1. The molecule has 4 amide bonds. The molecule has 0 aliphatic carbocycles. The molecule has 11 heteroatoms. The first-order chi connectivity index (χ1) is 15.8. The van der Waals surface area contributed by atoms with Crippen molar-refractivity contribution in [2.24, 2.45) is 5.92 Å². The molecule has 0 aromatic carbocycles. The van der Waals surface area contributed by atoms with Crippen molar-refractivity contribution in [2.75, 3.05) is 6.54 Å². The van der Waals surface area contributed by atoms with E-state index in [1.54, 1.807) is 0 Å². The minimum absolute atomic E-state index is 0.104. The molecule has 1 saturated heterocycles. The second kappa shape index (κ2) is 10.2. The Balaban J connectivity index is 2.22. The molecule has 11 nitrogen and oxygen atoms in total. The minimum atomic E-state index is -1.51. The largest absolute Gasteiger partial charge is 0.494 e. The molecule has 1 aliphatic heterocycles. The third kappa shape index (κ3) is 4.71. The highest BCUT2D eigenvalue weighted by molar-refractivity contribution is 6.16. The van der Waals surface area contributed by atoms with E-state index in [2.05, 4.69) is 15.3 Å². The molecule has 2 aromatic rings. The zero-order chi connectivity index (χ0) is 24.1. The quantitative estimate of drug-likeness (QED) is 0.476. The number of unbranched alkanes of at least 4 members (excludes halogenated alkanes) is 2. The Hall–Kier alpha value is -3.76. The summed E-state index contributed by atoms with van der Waals surface area (Å²) < 4.78 is 1.01. The van der Waals surface area contributed by atoms with Crippen LogP contribution in [0.5, 0.6) is 5.88 Å². The third-order valence-corrected chi connectivity index (χ3v) is 5.68. The number of urea groups is 1. The highest BCUT2D eigenvalue weighted by Gasteiger charge is 2.47. The molecule has 1 aliphatic rings. The first-order valence-corrected chi connectivity index (χ1v) is 10.9. The molecular formula is C22H27N5O6. The van der Waals surface area contributed by atoms with Crippen LogP contribution >= 0.6 is 0 Å². The Bertz CT molecular complexity index is 1160. The van der Waals surface area contributed by atoms with Gasteiger partial charge in [0, 0.05) is 31.4 Å². The number of imide groups is 2. The van der Waals surface area contributed by atoms with Crippen molar-refractivity contribution in [3.05, 3.63) is 56.5 Å². The summed E-state index contributed by atoms with van der Waals surface area (Å²) in [6.07, 6.45) is 5.38. The first kappa shape index (κ1) is 23.9. The van der Waals surface area contributed by atoms with Crippen LogP contribution in [0.4, 0.5) is 4.79 Å². The van der Waals surface area contributed by atoms with Gasteiger partial charge in [-0.1, -0.05) is 26.7 Å². The number of carbonyl (C=O) groups excluding carboxylic acids is 3. The summed E-state index contributed by atoms with van der Waals surface area (Å²) in [7, 11) is 0. The lowest BCUT2D eigenvalue weighted by Crippen LogP contribution is -2.59. The SMILES string of the molecule is CCCCN1C(=O)NC(=O)[C@H]([C@H](c2ccncc2)c2c(O)n(CCCC)c(=O)[nH]c2=O)C1=O. The molecule has 0 bridgehead atoms. The fourth-order valence-electron chi connectivity index (χ4n) is 3.93. The summed E-state index contributed by atoms with van der Waals surface area (Å²) in [6.45, 7) is 4.04. The van der Waals surface area contributed by atoms with E-state index < -0.39 is 46.8 Å². The molecule has 2 aromatic heterocycles. The summed E-state index contributed by atoms with van der Waals surface area (Å²) in [5.74, 6) is -5.04. The number of hydrogen-bond acceptors (Lipinski definition) is 7. The zero-order valence-corrected chi connectivity index (χ0v) is 18.5. The van der Waals surface area contributed by atoms with E-state index in [-0.39, 0.29) is 18.7 Å². The lowest BCUT2D eigenvalue weighted by molar-refractivity contribution is -0.143. The van der Waals surface area contributed by atoms with Gasteiger partial charge >= 0.3 is 11.7 Å². The Morgan fingerprint density at radius 1 is 1.03 bits per heavy atom. The maximum atomic E-state index is 13.4. The smallest absolute Gasteiger partial charge is 0.331 e. The second-order valence-corrected chi connectivity index (χ2v) is 7.88. The highest BCUT2D eigenvalue weighted by atomic mass is 16.3. The van der Waals surface area contributed by atoms with Crippen LogP contribution in [0.3, 0.4) is 0 Å². The van der Waals surface area contributed by atoms with Crippen molar-refractivity contribution >= 4 is 17.8 Å². The van der Waals surface area contributed by atoms with E-state index in [1.165, 1.54) is 24.5 Å². The van der Waals surface area contributed by atoms with E-state index in [4.69, 9.17) is 0 Å². The molecule has 2 atom stereocenters. The number of carbonyl (C=O) groups is 3. The van der Waals surface area contributed by atoms with Gasteiger partial charge in [-0.25, -0.2) is 9.59 Å². The van der Waals surface area contributed by atoms with E-state index in [0.29, 0.717) is 24.8 Å². The van der Waals surface area contributed by atoms with Gasteiger partial charge in [0.25, 0.3) is 5.56 Å². The molecular weight excluding hydrogens is 430 g/mol. The lowest BCUT2D eigenvalue weighted by Gasteiger charge is -2.34. The molecule has 1 fully saturated rings. The Morgan fingerprint density at radius 3 is 2.30 bits per heavy atom. The number of pyridine rings is 1. The number of aromatic nitrogens is 3. The fraction of sp³-hybridized carbons (Fsp3) is 0.455. The molecule has 0 saturated carbocycles. The van der Waals surface area contributed by atoms with Crippen LogP contribution in [0.2, 0.25) is 0 Å². The van der Waals surface area contributed by atoms with Crippen molar-refractivity contribution in [3.63, 3.8) is 0 Å². The summed E-state index contributed by atoms with van der Waals surface area (Å²) in [6, 6.07) is 2.20. The monoisotopic (exact) mass is 457 g/mol. The zero-order valence-electron chi connectivity index (χ0n) is 18.5. The van der Waals surface area contributed by atoms with Crippen molar-refractivity contribution in [1.29, 1.82) is 0 Å². The first-order valence-electron chi connectivity index (χ1n) is 10.9. The molecule has 0 radical (unpaired) electrons. The Morgan fingerprint density at radius 2 is 1.67 bits per heavy atom. The van der Waals surface area contributed by atoms with Crippen molar-refractivity contribution < 1.29 is 19.5 Å².